The fourth-order valence-electron chi connectivity index (χ4n) is 1.24. The van der Waals surface area contributed by atoms with Crippen LogP contribution in [-0.2, 0) is 9.59 Å². The summed E-state index contributed by atoms with van der Waals surface area (Å²) in [5.74, 6) is -0.478. The quantitative estimate of drug-likeness (QED) is 0.564. The first-order valence-corrected chi connectivity index (χ1v) is 5.16. The SMILES string of the molecule is CC(C)NC(=O)CNC(C(N)=O)C(C)C. The van der Waals surface area contributed by atoms with Crippen LogP contribution in [0.4, 0.5) is 0 Å². The molecule has 5 nitrogen and oxygen atoms in total. The lowest BCUT2D eigenvalue weighted by atomic mass is 10.0. The minimum absolute atomic E-state index is 0.0781. The van der Waals surface area contributed by atoms with Crippen molar-refractivity contribution in [2.24, 2.45) is 11.7 Å². The summed E-state index contributed by atoms with van der Waals surface area (Å²) >= 11 is 0. The highest BCUT2D eigenvalue weighted by Gasteiger charge is 2.19. The van der Waals surface area contributed by atoms with Crippen LogP contribution in [0.1, 0.15) is 27.7 Å². The Hall–Kier alpha value is -1.10. The van der Waals surface area contributed by atoms with E-state index in [9.17, 15) is 9.59 Å². The Bertz CT molecular complexity index is 227. The third-order valence-electron chi connectivity index (χ3n) is 1.91. The van der Waals surface area contributed by atoms with Crippen molar-refractivity contribution in [3.63, 3.8) is 0 Å². The molecule has 0 bridgehead atoms. The van der Waals surface area contributed by atoms with Crippen LogP contribution in [-0.4, -0.2) is 30.4 Å². The molecule has 2 amide bonds. The van der Waals surface area contributed by atoms with Crippen LogP contribution in [0.5, 0.6) is 0 Å². The van der Waals surface area contributed by atoms with Gasteiger partial charge in [-0.3, -0.25) is 14.9 Å². The van der Waals surface area contributed by atoms with Gasteiger partial charge in [0.25, 0.3) is 0 Å². The van der Waals surface area contributed by atoms with Crippen LogP contribution in [0.15, 0.2) is 0 Å². The first kappa shape index (κ1) is 13.9. The molecule has 0 aliphatic heterocycles. The number of rotatable bonds is 6. The van der Waals surface area contributed by atoms with Crippen molar-refractivity contribution in [1.82, 2.24) is 10.6 Å². The van der Waals surface area contributed by atoms with Gasteiger partial charge in [-0.05, 0) is 19.8 Å². The number of amides is 2. The monoisotopic (exact) mass is 215 g/mol. The van der Waals surface area contributed by atoms with Crippen molar-refractivity contribution >= 4 is 11.8 Å². The standard InChI is InChI=1S/C10H21N3O2/c1-6(2)9(10(11)15)12-5-8(14)13-7(3)4/h6-7,9,12H,5H2,1-4H3,(H2,11,15)(H,13,14). The van der Waals surface area contributed by atoms with Gasteiger partial charge in [0.1, 0.15) is 0 Å². The number of nitrogens with one attached hydrogen (secondary N) is 2. The number of nitrogens with two attached hydrogens (primary N) is 1. The summed E-state index contributed by atoms with van der Waals surface area (Å²) in [7, 11) is 0. The minimum Gasteiger partial charge on any atom is -0.368 e. The van der Waals surface area contributed by atoms with E-state index in [0.29, 0.717) is 0 Å². The molecule has 88 valence electrons. The summed E-state index contributed by atoms with van der Waals surface area (Å²) in [4.78, 5) is 22.3. The van der Waals surface area contributed by atoms with Crippen molar-refractivity contribution < 1.29 is 9.59 Å². The predicted octanol–water partition coefficient (Wildman–Crippen LogP) is -0.389. The molecule has 1 unspecified atom stereocenters. The lowest BCUT2D eigenvalue weighted by molar-refractivity contribution is -0.122. The van der Waals surface area contributed by atoms with Crippen LogP contribution >= 0.6 is 0 Å². The van der Waals surface area contributed by atoms with Crippen LogP contribution in [0.2, 0.25) is 0 Å². The maximum absolute atomic E-state index is 11.3. The molecule has 0 radical (unpaired) electrons. The average Bonchev–Trinajstić information content (AvgIpc) is 2.00. The third-order valence-corrected chi connectivity index (χ3v) is 1.91. The van der Waals surface area contributed by atoms with Crippen molar-refractivity contribution in [3.8, 4) is 0 Å². The van der Waals surface area contributed by atoms with E-state index in [1.165, 1.54) is 0 Å². The van der Waals surface area contributed by atoms with Crippen molar-refractivity contribution in [2.45, 2.75) is 39.8 Å². The molecule has 0 aliphatic carbocycles. The highest BCUT2D eigenvalue weighted by Crippen LogP contribution is 1.99. The number of hydrogen-bond donors (Lipinski definition) is 3. The third kappa shape index (κ3) is 6.06. The van der Waals surface area contributed by atoms with Crippen LogP contribution in [0.25, 0.3) is 0 Å². The molecule has 0 aromatic carbocycles. The van der Waals surface area contributed by atoms with Crippen LogP contribution in [0.3, 0.4) is 0 Å². The van der Waals surface area contributed by atoms with Crippen molar-refractivity contribution in [1.29, 1.82) is 0 Å². The maximum Gasteiger partial charge on any atom is 0.234 e. The van der Waals surface area contributed by atoms with E-state index in [1.807, 2.05) is 27.7 Å². The van der Waals surface area contributed by atoms with E-state index in [2.05, 4.69) is 10.6 Å². The van der Waals surface area contributed by atoms with Crippen LogP contribution in [0, 0.1) is 5.92 Å². The molecule has 5 heteroatoms. The number of carbonyl (C=O) groups is 2. The van der Waals surface area contributed by atoms with Gasteiger partial charge in [-0.15, -0.1) is 0 Å². The van der Waals surface area contributed by atoms with Gasteiger partial charge < -0.3 is 11.1 Å². The number of hydrogen-bond acceptors (Lipinski definition) is 3. The van der Waals surface area contributed by atoms with Crippen LogP contribution < -0.4 is 16.4 Å². The van der Waals surface area contributed by atoms with E-state index in [-0.39, 0.29) is 24.4 Å². The Balaban J connectivity index is 4.00. The smallest absolute Gasteiger partial charge is 0.234 e. The molecule has 0 saturated heterocycles. The summed E-state index contributed by atoms with van der Waals surface area (Å²) in [5, 5.41) is 5.56. The van der Waals surface area contributed by atoms with Gasteiger partial charge >= 0.3 is 0 Å². The Morgan fingerprint density at radius 2 is 1.73 bits per heavy atom. The van der Waals surface area contributed by atoms with Gasteiger partial charge in [0.15, 0.2) is 0 Å². The van der Waals surface area contributed by atoms with Gasteiger partial charge in [0.2, 0.25) is 11.8 Å². The minimum atomic E-state index is -0.456. The zero-order chi connectivity index (χ0) is 12.0. The second-order valence-electron chi connectivity index (χ2n) is 4.23. The van der Waals surface area contributed by atoms with Crippen molar-refractivity contribution in [3.05, 3.63) is 0 Å². The zero-order valence-corrected chi connectivity index (χ0v) is 9.83. The fourth-order valence-corrected chi connectivity index (χ4v) is 1.24. The first-order valence-electron chi connectivity index (χ1n) is 5.16. The molecular formula is C10H21N3O2. The Kier molecular flexibility index (Phi) is 5.93. The van der Waals surface area contributed by atoms with Gasteiger partial charge in [-0.1, -0.05) is 13.8 Å². The summed E-state index contributed by atoms with van der Waals surface area (Å²) in [6.07, 6.45) is 0. The summed E-state index contributed by atoms with van der Waals surface area (Å²) < 4.78 is 0. The first-order chi connectivity index (χ1) is 6.84. The molecule has 0 aliphatic rings. The lowest BCUT2D eigenvalue weighted by Crippen LogP contribution is -2.49. The summed E-state index contributed by atoms with van der Waals surface area (Å²) in [5.41, 5.74) is 5.19. The van der Waals surface area contributed by atoms with Crippen molar-refractivity contribution in [2.75, 3.05) is 6.54 Å². The topological polar surface area (TPSA) is 84.2 Å². The van der Waals surface area contributed by atoms with Gasteiger partial charge in [0, 0.05) is 6.04 Å². The zero-order valence-electron chi connectivity index (χ0n) is 9.83. The largest absolute Gasteiger partial charge is 0.368 e. The molecule has 0 aromatic heterocycles. The Labute approximate surface area is 90.8 Å². The second kappa shape index (κ2) is 6.40. The molecule has 15 heavy (non-hydrogen) atoms. The van der Waals surface area contributed by atoms with E-state index in [1.54, 1.807) is 0 Å². The normalized spacial score (nSPS) is 12.9. The Morgan fingerprint density at radius 1 is 1.20 bits per heavy atom. The molecule has 1 atom stereocenters. The highest BCUT2D eigenvalue weighted by atomic mass is 16.2. The second-order valence-corrected chi connectivity index (χ2v) is 4.23. The average molecular weight is 215 g/mol. The van der Waals surface area contributed by atoms with E-state index in [4.69, 9.17) is 5.73 Å². The van der Waals surface area contributed by atoms with E-state index >= 15 is 0 Å². The molecule has 4 N–H and O–H groups in total. The lowest BCUT2D eigenvalue weighted by Gasteiger charge is -2.19. The molecule has 0 spiro atoms. The number of carbonyl (C=O) groups excluding carboxylic acids is 2. The molecule has 0 rings (SSSR count). The highest BCUT2D eigenvalue weighted by molar-refractivity contribution is 5.82. The Morgan fingerprint density at radius 3 is 2.07 bits per heavy atom. The summed E-state index contributed by atoms with van der Waals surface area (Å²) in [6, 6.07) is -0.353. The van der Waals surface area contributed by atoms with E-state index in [0.717, 1.165) is 0 Å². The van der Waals surface area contributed by atoms with Gasteiger partial charge in [-0.25, -0.2) is 0 Å². The summed E-state index contributed by atoms with van der Waals surface area (Å²) in [6.45, 7) is 7.63. The maximum atomic E-state index is 11.3. The van der Waals surface area contributed by atoms with Gasteiger partial charge in [-0.2, -0.15) is 0 Å². The number of primary amides is 1. The molecular weight excluding hydrogens is 194 g/mol. The van der Waals surface area contributed by atoms with Gasteiger partial charge in [0.05, 0.1) is 12.6 Å². The molecule has 0 saturated carbocycles. The fraction of sp³-hybridized carbons (Fsp3) is 0.800. The molecule has 0 aromatic rings. The predicted molar refractivity (Wildman–Crippen MR) is 59.1 cm³/mol. The molecule has 0 fully saturated rings. The molecule has 0 heterocycles. The van der Waals surface area contributed by atoms with E-state index < -0.39 is 11.9 Å².